The zero-order chi connectivity index (χ0) is 22.4. The normalized spacial score (nSPS) is 18.9. The molecule has 1 saturated carbocycles. The van der Waals surface area contributed by atoms with Gasteiger partial charge in [0.1, 0.15) is 24.0 Å². The second-order valence-electron chi connectivity index (χ2n) is 7.73. The Kier molecular flexibility index (Phi) is 8.43. The summed E-state index contributed by atoms with van der Waals surface area (Å²) >= 11 is 15.6. The van der Waals surface area contributed by atoms with Crippen molar-refractivity contribution in [3.05, 3.63) is 67.6 Å². The number of nitriles is 1. The number of halogens is 3. The Balaban J connectivity index is 1.68. The van der Waals surface area contributed by atoms with Gasteiger partial charge in [-0.3, -0.25) is 4.79 Å². The number of nitrogens with one attached hydrogen (secondary N) is 1. The molecule has 0 heterocycles. The lowest BCUT2D eigenvalue weighted by Crippen LogP contribution is -2.41. The van der Waals surface area contributed by atoms with Crippen molar-refractivity contribution in [3.8, 4) is 11.8 Å². The summed E-state index contributed by atoms with van der Waals surface area (Å²) in [6, 6.07) is 12.8. The third-order valence-corrected chi connectivity index (χ3v) is 6.66. The predicted octanol–water partition coefficient (Wildman–Crippen LogP) is 6.94. The van der Waals surface area contributed by atoms with Crippen LogP contribution in [0.2, 0.25) is 10.0 Å². The SMILES string of the molecule is C[C@H]1CCCC[C@H]1NC(=O)/C(C#N)=C/c1ccc(OCc2ccc(Cl)cc2Cl)c(Br)c1. The molecule has 3 rings (SSSR count). The first-order valence-electron chi connectivity index (χ1n) is 10.2. The highest BCUT2D eigenvalue weighted by Gasteiger charge is 2.24. The summed E-state index contributed by atoms with van der Waals surface area (Å²) in [4.78, 5) is 12.6. The van der Waals surface area contributed by atoms with E-state index >= 15 is 0 Å². The molecule has 0 saturated heterocycles. The Bertz CT molecular complexity index is 1030. The second kappa shape index (κ2) is 11.0. The van der Waals surface area contributed by atoms with Crippen LogP contribution in [-0.4, -0.2) is 11.9 Å². The fourth-order valence-electron chi connectivity index (χ4n) is 3.61. The number of carbonyl (C=O) groups is 1. The molecule has 1 amide bonds. The van der Waals surface area contributed by atoms with E-state index in [1.807, 2.05) is 18.2 Å². The van der Waals surface area contributed by atoms with Gasteiger partial charge in [-0.15, -0.1) is 0 Å². The van der Waals surface area contributed by atoms with Crippen molar-refractivity contribution in [3.63, 3.8) is 0 Å². The summed E-state index contributed by atoms with van der Waals surface area (Å²) < 4.78 is 6.56. The van der Waals surface area contributed by atoms with Crippen molar-refractivity contribution in [2.24, 2.45) is 5.92 Å². The summed E-state index contributed by atoms with van der Waals surface area (Å²) in [5.74, 6) is 0.731. The molecule has 0 spiro atoms. The highest BCUT2D eigenvalue weighted by Crippen LogP contribution is 2.29. The first-order valence-corrected chi connectivity index (χ1v) is 11.7. The van der Waals surface area contributed by atoms with Crippen LogP contribution in [-0.2, 0) is 11.4 Å². The summed E-state index contributed by atoms with van der Waals surface area (Å²) in [5, 5.41) is 13.6. The predicted molar refractivity (Wildman–Crippen MR) is 128 cm³/mol. The van der Waals surface area contributed by atoms with Gasteiger partial charge in [0.2, 0.25) is 0 Å². The molecule has 7 heteroatoms. The van der Waals surface area contributed by atoms with Crippen LogP contribution in [0.25, 0.3) is 6.08 Å². The van der Waals surface area contributed by atoms with Gasteiger partial charge in [0.05, 0.1) is 4.47 Å². The molecule has 2 aromatic carbocycles. The van der Waals surface area contributed by atoms with Gasteiger partial charge >= 0.3 is 0 Å². The number of ether oxygens (including phenoxy) is 1. The van der Waals surface area contributed by atoms with Crippen LogP contribution in [0.5, 0.6) is 5.75 Å². The molecular weight excluding hydrogens is 499 g/mol. The van der Waals surface area contributed by atoms with E-state index < -0.39 is 0 Å². The lowest BCUT2D eigenvalue weighted by atomic mass is 9.86. The summed E-state index contributed by atoms with van der Waals surface area (Å²) in [7, 11) is 0. The molecule has 2 atom stereocenters. The maximum atomic E-state index is 12.6. The van der Waals surface area contributed by atoms with Crippen LogP contribution in [0.15, 0.2) is 46.4 Å². The van der Waals surface area contributed by atoms with Crippen LogP contribution < -0.4 is 10.1 Å². The van der Waals surface area contributed by atoms with Gasteiger partial charge < -0.3 is 10.1 Å². The Hall–Kier alpha value is -2.00. The number of hydrogen-bond acceptors (Lipinski definition) is 3. The van der Waals surface area contributed by atoms with Gasteiger partial charge in [-0.25, -0.2) is 0 Å². The van der Waals surface area contributed by atoms with E-state index in [-0.39, 0.29) is 24.1 Å². The highest BCUT2D eigenvalue weighted by molar-refractivity contribution is 9.10. The number of carbonyl (C=O) groups excluding carboxylic acids is 1. The molecule has 4 nitrogen and oxygen atoms in total. The second-order valence-corrected chi connectivity index (χ2v) is 9.42. The number of nitrogens with zero attached hydrogens (tertiary/aromatic N) is 1. The van der Waals surface area contributed by atoms with Crippen molar-refractivity contribution < 1.29 is 9.53 Å². The molecule has 0 radical (unpaired) electrons. The summed E-state index contributed by atoms with van der Waals surface area (Å²) in [6.07, 6.45) is 5.96. The fourth-order valence-corrected chi connectivity index (χ4v) is 4.58. The van der Waals surface area contributed by atoms with Crippen LogP contribution in [0.3, 0.4) is 0 Å². The number of benzene rings is 2. The molecule has 1 N–H and O–H groups in total. The van der Waals surface area contributed by atoms with E-state index in [9.17, 15) is 10.1 Å². The molecule has 0 aliphatic heterocycles. The number of amides is 1. The van der Waals surface area contributed by atoms with Crippen molar-refractivity contribution in [1.82, 2.24) is 5.32 Å². The minimum atomic E-state index is -0.324. The van der Waals surface area contributed by atoms with Crippen molar-refractivity contribution in [2.45, 2.75) is 45.3 Å². The first kappa shape index (κ1) is 23.7. The van der Waals surface area contributed by atoms with Gasteiger partial charge in [-0.05, 0) is 70.6 Å². The van der Waals surface area contributed by atoms with Gasteiger partial charge in [-0.2, -0.15) is 5.26 Å². The third kappa shape index (κ3) is 6.49. The average molecular weight is 522 g/mol. The van der Waals surface area contributed by atoms with E-state index in [4.69, 9.17) is 27.9 Å². The van der Waals surface area contributed by atoms with E-state index in [2.05, 4.69) is 28.2 Å². The fraction of sp³-hybridized carbons (Fsp3) is 0.333. The van der Waals surface area contributed by atoms with E-state index in [1.165, 1.54) is 6.42 Å². The van der Waals surface area contributed by atoms with Crippen LogP contribution >= 0.6 is 39.1 Å². The number of hydrogen-bond donors (Lipinski definition) is 1. The lowest BCUT2D eigenvalue weighted by Gasteiger charge is -2.29. The molecule has 0 aromatic heterocycles. The third-order valence-electron chi connectivity index (χ3n) is 5.46. The molecule has 1 fully saturated rings. The molecule has 0 bridgehead atoms. The van der Waals surface area contributed by atoms with Gasteiger partial charge in [0, 0.05) is 21.7 Å². The smallest absolute Gasteiger partial charge is 0.262 e. The lowest BCUT2D eigenvalue weighted by molar-refractivity contribution is -0.118. The molecule has 1 aliphatic carbocycles. The van der Waals surface area contributed by atoms with Crippen LogP contribution in [0.1, 0.15) is 43.7 Å². The first-order chi connectivity index (χ1) is 14.9. The Morgan fingerprint density at radius 3 is 2.71 bits per heavy atom. The number of rotatable bonds is 6. The molecule has 31 heavy (non-hydrogen) atoms. The maximum Gasteiger partial charge on any atom is 0.262 e. The Morgan fingerprint density at radius 2 is 2.03 bits per heavy atom. The van der Waals surface area contributed by atoms with Gasteiger partial charge in [-0.1, -0.05) is 55.1 Å². The van der Waals surface area contributed by atoms with E-state index in [1.54, 1.807) is 30.3 Å². The highest BCUT2D eigenvalue weighted by atomic mass is 79.9. The molecular formula is C24H23BrCl2N2O2. The zero-order valence-electron chi connectivity index (χ0n) is 17.1. The van der Waals surface area contributed by atoms with E-state index in [0.717, 1.165) is 30.4 Å². The molecule has 162 valence electrons. The molecule has 0 unspecified atom stereocenters. The Morgan fingerprint density at radius 1 is 1.26 bits per heavy atom. The van der Waals surface area contributed by atoms with Crippen molar-refractivity contribution in [1.29, 1.82) is 5.26 Å². The summed E-state index contributed by atoms with van der Waals surface area (Å²) in [5.41, 5.74) is 1.64. The molecule has 2 aromatic rings. The average Bonchev–Trinajstić information content (AvgIpc) is 2.74. The van der Waals surface area contributed by atoms with E-state index in [0.29, 0.717) is 26.2 Å². The van der Waals surface area contributed by atoms with Crippen LogP contribution in [0, 0.1) is 17.2 Å². The van der Waals surface area contributed by atoms with Gasteiger partial charge in [0.25, 0.3) is 5.91 Å². The van der Waals surface area contributed by atoms with Crippen LogP contribution in [0.4, 0.5) is 0 Å². The maximum absolute atomic E-state index is 12.6. The van der Waals surface area contributed by atoms with Gasteiger partial charge in [0.15, 0.2) is 0 Å². The molecule has 1 aliphatic rings. The Labute approximate surface area is 201 Å². The minimum Gasteiger partial charge on any atom is -0.488 e. The largest absolute Gasteiger partial charge is 0.488 e. The summed E-state index contributed by atoms with van der Waals surface area (Å²) in [6.45, 7) is 2.43. The minimum absolute atomic E-state index is 0.0892. The van der Waals surface area contributed by atoms with Crippen molar-refractivity contribution in [2.75, 3.05) is 0 Å². The topological polar surface area (TPSA) is 62.1 Å². The van der Waals surface area contributed by atoms with Crippen molar-refractivity contribution >= 4 is 51.1 Å². The standard InChI is InChI=1S/C24H23BrCl2N2O2/c1-15-4-2-3-5-22(15)29-24(30)18(13-28)10-16-6-9-23(20(25)11-16)31-14-17-7-8-19(26)12-21(17)27/h6-12,15,22H,2-5,14H2,1H3,(H,29,30)/b18-10+/t15-,22+/m0/s1. The monoisotopic (exact) mass is 520 g/mol. The zero-order valence-corrected chi connectivity index (χ0v) is 20.2. The quantitative estimate of drug-likeness (QED) is 0.331.